The Bertz CT molecular complexity index is 1060. The Labute approximate surface area is 182 Å². The van der Waals surface area contributed by atoms with E-state index in [4.69, 9.17) is 4.74 Å². The summed E-state index contributed by atoms with van der Waals surface area (Å²) in [6.45, 7) is 1.98. The molecule has 0 radical (unpaired) electrons. The SMILES string of the molecule is Cc1ncsc1CN1C(=O)COC(c2ccc(NC(=O)c3cnccn3)cc2)C1CO. The topological polar surface area (TPSA) is 118 Å². The second-order valence-electron chi connectivity index (χ2n) is 7.03. The molecule has 2 aromatic heterocycles. The second-order valence-corrected chi connectivity index (χ2v) is 7.97. The van der Waals surface area contributed by atoms with E-state index in [1.54, 1.807) is 22.5 Å². The Morgan fingerprint density at radius 1 is 1.29 bits per heavy atom. The summed E-state index contributed by atoms with van der Waals surface area (Å²) in [4.78, 5) is 39.5. The van der Waals surface area contributed by atoms with Gasteiger partial charge in [0.05, 0.1) is 36.6 Å². The van der Waals surface area contributed by atoms with E-state index in [0.29, 0.717) is 12.2 Å². The fourth-order valence-corrected chi connectivity index (χ4v) is 4.20. The van der Waals surface area contributed by atoms with E-state index >= 15 is 0 Å². The molecule has 0 saturated carbocycles. The molecule has 9 nitrogen and oxygen atoms in total. The predicted octanol–water partition coefficient (Wildman–Crippen LogP) is 1.95. The first-order valence-corrected chi connectivity index (χ1v) is 10.5. The molecule has 1 aromatic carbocycles. The molecule has 0 bridgehead atoms. The standard InChI is InChI=1S/C21H21N5O4S/c1-13-18(31-12-24-13)9-26-17(10-27)20(30-11-19(26)28)14-2-4-15(5-3-14)25-21(29)16-8-22-6-7-23-16/h2-8,12,17,20,27H,9-11H2,1H3,(H,25,29). The molecule has 1 fully saturated rings. The fraction of sp³-hybridized carbons (Fsp3) is 0.286. The molecule has 160 valence electrons. The molecule has 3 aromatic rings. The zero-order valence-electron chi connectivity index (χ0n) is 16.8. The lowest BCUT2D eigenvalue weighted by Gasteiger charge is -2.40. The number of amides is 2. The van der Waals surface area contributed by atoms with Crippen LogP contribution in [0.25, 0.3) is 0 Å². The van der Waals surface area contributed by atoms with Crippen molar-refractivity contribution in [1.82, 2.24) is 19.9 Å². The van der Waals surface area contributed by atoms with Crippen LogP contribution in [0.15, 0.2) is 48.4 Å². The van der Waals surface area contributed by atoms with Crippen molar-refractivity contribution >= 4 is 28.8 Å². The van der Waals surface area contributed by atoms with Crippen LogP contribution in [0.3, 0.4) is 0 Å². The van der Waals surface area contributed by atoms with Crippen molar-refractivity contribution in [3.8, 4) is 0 Å². The van der Waals surface area contributed by atoms with E-state index in [9.17, 15) is 14.7 Å². The number of nitrogens with zero attached hydrogens (tertiary/aromatic N) is 4. The highest BCUT2D eigenvalue weighted by Crippen LogP contribution is 2.31. The third-order valence-electron chi connectivity index (χ3n) is 5.10. The van der Waals surface area contributed by atoms with E-state index in [1.165, 1.54) is 29.9 Å². The minimum atomic E-state index is -0.525. The van der Waals surface area contributed by atoms with Crippen molar-refractivity contribution < 1.29 is 19.4 Å². The van der Waals surface area contributed by atoms with E-state index < -0.39 is 12.1 Å². The summed E-state index contributed by atoms with van der Waals surface area (Å²) in [5.74, 6) is -0.532. The number of anilines is 1. The summed E-state index contributed by atoms with van der Waals surface area (Å²) < 4.78 is 5.78. The van der Waals surface area contributed by atoms with Crippen molar-refractivity contribution in [1.29, 1.82) is 0 Å². The van der Waals surface area contributed by atoms with Crippen molar-refractivity contribution in [3.63, 3.8) is 0 Å². The normalized spacial score (nSPS) is 18.8. The second kappa shape index (κ2) is 9.29. The molecule has 1 aliphatic heterocycles. The van der Waals surface area contributed by atoms with E-state index in [1.807, 2.05) is 19.1 Å². The van der Waals surface area contributed by atoms with Gasteiger partial charge in [-0.1, -0.05) is 12.1 Å². The van der Waals surface area contributed by atoms with Crippen molar-refractivity contribution in [2.45, 2.75) is 25.6 Å². The number of thiazole rings is 1. The Kier molecular flexibility index (Phi) is 6.31. The van der Waals surface area contributed by atoms with Crippen molar-refractivity contribution in [2.24, 2.45) is 0 Å². The van der Waals surface area contributed by atoms with Crippen molar-refractivity contribution in [2.75, 3.05) is 18.5 Å². The van der Waals surface area contributed by atoms with Crippen LogP contribution < -0.4 is 5.32 Å². The molecular weight excluding hydrogens is 418 g/mol. The van der Waals surface area contributed by atoms with Crippen LogP contribution in [-0.2, 0) is 16.1 Å². The smallest absolute Gasteiger partial charge is 0.275 e. The monoisotopic (exact) mass is 439 g/mol. The maximum absolute atomic E-state index is 12.5. The molecule has 2 N–H and O–H groups in total. The van der Waals surface area contributed by atoms with Gasteiger partial charge in [-0.25, -0.2) is 9.97 Å². The summed E-state index contributed by atoms with van der Waals surface area (Å²) in [7, 11) is 0. The molecule has 0 aliphatic carbocycles. The fourth-order valence-electron chi connectivity index (χ4n) is 3.42. The van der Waals surface area contributed by atoms with E-state index in [-0.39, 0.29) is 30.7 Å². The lowest BCUT2D eigenvalue weighted by Crippen LogP contribution is -2.52. The number of nitrogens with one attached hydrogen (secondary N) is 1. The number of carbonyl (C=O) groups is 2. The van der Waals surface area contributed by atoms with E-state index in [2.05, 4.69) is 20.3 Å². The van der Waals surface area contributed by atoms with Crippen LogP contribution in [0, 0.1) is 6.92 Å². The number of rotatable bonds is 6. The van der Waals surface area contributed by atoms with Gasteiger partial charge in [0, 0.05) is 23.0 Å². The average molecular weight is 439 g/mol. The van der Waals surface area contributed by atoms with Gasteiger partial charge in [-0.15, -0.1) is 11.3 Å². The molecule has 1 aliphatic rings. The van der Waals surface area contributed by atoms with Gasteiger partial charge in [-0.2, -0.15) is 0 Å². The highest BCUT2D eigenvalue weighted by atomic mass is 32.1. The number of aliphatic hydroxyl groups is 1. The number of aromatic nitrogens is 3. The molecular formula is C21H21N5O4S. The first-order valence-electron chi connectivity index (χ1n) is 9.65. The number of hydrogen-bond acceptors (Lipinski definition) is 8. The van der Waals surface area contributed by atoms with Gasteiger partial charge < -0.3 is 20.1 Å². The van der Waals surface area contributed by atoms with Crippen molar-refractivity contribution in [3.05, 3.63) is 70.2 Å². The van der Waals surface area contributed by atoms with Gasteiger partial charge in [0.25, 0.3) is 5.91 Å². The van der Waals surface area contributed by atoms with Crippen LogP contribution in [0.1, 0.15) is 32.7 Å². The minimum Gasteiger partial charge on any atom is -0.394 e. The Hall–Kier alpha value is -3.21. The number of hydrogen-bond donors (Lipinski definition) is 2. The van der Waals surface area contributed by atoms with Crippen LogP contribution >= 0.6 is 11.3 Å². The highest BCUT2D eigenvalue weighted by Gasteiger charge is 2.37. The molecule has 31 heavy (non-hydrogen) atoms. The third-order valence-corrected chi connectivity index (χ3v) is 6.02. The van der Waals surface area contributed by atoms with E-state index in [0.717, 1.165) is 16.1 Å². The zero-order chi connectivity index (χ0) is 21.8. The molecule has 1 saturated heterocycles. The molecule has 10 heteroatoms. The number of aryl methyl sites for hydroxylation is 1. The number of morpholine rings is 1. The van der Waals surface area contributed by atoms with Gasteiger partial charge in [0.15, 0.2) is 0 Å². The molecule has 2 amide bonds. The van der Waals surface area contributed by atoms with Gasteiger partial charge in [-0.05, 0) is 24.6 Å². The van der Waals surface area contributed by atoms with Crippen LogP contribution in [-0.4, -0.2) is 56.0 Å². The highest BCUT2D eigenvalue weighted by molar-refractivity contribution is 7.09. The van der Waals surface area contributed by atoms with Crippen LogP contribution in [0.5, 0.6) is 0 Å². The summed E-state index contributed by atoms with van der Waals surface area (Å²) in [6.07, 6.45) is 3.86. The van der Waals surface area contributed by atoms with Crippen LogP contribution in [0.2, 0.25) is 0 Å². The number of ether oxygens (including phenoxy) is 1. The first kappa shape index (κ1) is 21.0. The minimum absolute atomic E-state index is 0.0653. The predicted molar refractivity (Wildman–Crippen MR) is 113 cm³/mol. The molecule has 2 unspecified atom stereocenters. The lowest BCUT2D eigenvalue weighted by atomic mass is 9.99. The van der Waals surface area contributed by atoms with Gasteiger partial charge in [0.1, 0.15) is 18.4 Å². The Morgan fingerprint density at radius 2 is 2.10 bits per heavy atom. The largest absolute Gasteiger partial charge is 0.394 e. The first-order chi connectivity index (χ1) is 15.1. The zero-order valence-corrected chi connectivity index (χ0v) is 17.6. The summed E-state index contributed by atoms with van der Waals surface area (Å²) in [5, 5.41) is 12.8. The van der Waals surface area contributed by atoms with Gasteiger partial charge in [0.2, 0.25) is 5.91 Å². The lowest BCUT2D eigenvalue weighted by molar-refractivity contribution is -0.161. The maximum Gasteiger partial charge on any atom is 0.275 e. The maximum atomic E-state index is 12.5. The average Bonchev–Trinajstić information content (AvgIpc) is 3.20. The molecule has 0 spiro atoms. The number of benzene rings is 1. The Balaban J connectivity index is 1.49. The molecule has 3 heterocycles. The molecule has 4 rings (SSSR count). The van der Waals surface area contributed by atoms with Gasteiger partial charge in [-0.3, -0.25) is 14.6 Å². The summed E-state index contributed by atoms with van der Waals surface area (Å²) in [6, 6.07) is 6.59. The van der Waals surface area contributed by atoms with Gasteiger partial charge >= 0.3 is 0 Å². The van der Waals surface area contributed by atoms with Crippen LogP contribution in [0.4, 0.5) is 5.69 Å². The molecule has 2 atom stereocenters. The number of carbonyl (C=O) groups excluding carboxylic acids is 2. The number of aliphatic hydroxyl groups excluding tert-OH is 1. The third kappa shape index (κ3) is 4.61. The summed E-state index contributed by atoms with van der Waals surface area (Å²) in [5.41, 5.74) is 4.23. The summed E-state index contributed by atoms with van der Waals surface area (Å²) >= 11 is 1.48. The Morgan fingerprint density at radius 3 is 2.74 bits per heavy atom. The quantitative estimate of drug-likeness (QED) is 0.603.